The summed E-state index contributed by atoms with van der Waals surface area (Å²) in [5.41, 5.74) is 0.784. The molecule has 0 saturated carbocycles. The predicted molar refractivity (Wildman–Crippen MR) is 72.2 cm³/mol. The third kappa shape index (κ3) is 2.41. The summed E-state index contributed by atoms with van der Waals surface area (Å²) in [4.78, 5) is 23.1. The number of rotatable bonds is 2. The molecule has 0 radical (unpaired) electrons. The van der Waals surface area contributed by atoms with Gasteiger partial charge in [-0.3, -0.25) is 9.59 Å². The van der Waals surface area contributed by atoms with Gasteiger partial charge in [0.2, 0.25) is 0 Å². The standard InChI is InChI=1S/C15H17NO4/c17-12-9-15(3-5-16-6-4-15)20-13-2-1-10(7-11(12)13)8-14(18)19/h1-2,7,16H,3-6,8-9H2,(H,18,19). The van der Waals surface area contributed by atoms with Gasteiger partial charge >= 0.3 is 5.97 Å². The van der Waals surface area contributed by atoms with Crippen molar-refractivity contribution < 1.29 is 19.4 Å². The molecule has 3 rings (SSSR count). The Morgan fingerprint density at radius 3 is 2.80 bits per heavy atom. The van der Waals surface area contributed by atoms with Crippen molar-refractivity contribution >= 4 is 11.8 Å². The van der Waals surface area contributed by atoms with Crippen LogP contribution in [0, 0.1) is 0 Å². The summed E-state index contributed by atoms with van der Waals surface area (Å²) in [5, 5.41) is 12.1. The number of carbonyl (C=O) groups is 2. The highest BCUT2D eigenvalue weighted by Crippen LogP contribution is 2.38. The quantitative estimate of drug-likeness (QED) is 0.853. The van der Waals surface area contributed by atoms with Gasteiger partial charge in [-0.15, -0.1) is 0 Å². The van der Waals surface area contributed by atoms with Crippen molar-refractivity contribution in [3.63, 3.8) is 0 Å². The van der Waals surface area contributed by atoms with Crippen molar-refractivity contribution in [1.82, 2.24) is 5.32 Å². The number of carboxylic acids is 1. The number of piperidine rings is 1. The molecule has 2 aliphatic rings. The van der Waals surface area contributed by atoms with E-state index in [1.807, 2.05) is 0 Å². The van der Waals surface area contributed by atoms with Crippen molar-refractivity contribution in [2.45, 2.75) is 31.3 Å². The number of fused-ring (bicyclic) bond motifs is 1. The zero-order valence-corrected chi connectivity index (χ0v) is 11.1. The number of hydrogen-bond donors (Lipinski definition) is 2. The lowest BCUT2D eigenvalue weighted by Gasteiger charge is -2.40. The normalized spacial score (nSPS) is 20.3. The van der Waals surface area contributed by atoms with Gasteiger partial charge in [-0.05, 0) is 30.8 Å². The van der Waals surface area contributed by atoms with Crippen LogP contribution in [0.4, 0.5) is 0 Å². The Labute approximate surface area is 116 Å². The Hall–Kier alpha value is -1.88. The van der Waals surface area contributed by atoms with Crippen molar-refractivity contribution in [1.29, 1.82) is 0 Å². The van der Waals surface area contributed by atoms with Crippen LogP contribution >= 0.6 is 0 Å². The van der Waals surface area contributed by atoms with E-state index in [9.17, 15) is 9.59 Å². The van der Waals surface area contributed by atoms with Crippen LogP contribution in [-0.4, -0.2) is 35.5 Å². The van der Waals surface area contributed by atoms with Crippen LogP contribution < -0.4 is 10.1 Å². The molecule has 1 aromatic rings. The molecule has 0 amide bonds. The van der Waals surface area contributed by atoms with Crippen LogP contribution in [0.25, 0.3) is 0 Å². The summed E-state index contributed by atoms with van der Waals surface area (Å²) in [6, 6.07) is 5.11. The van der Waals surface area contributed by atoms with Crippen LogP contribution in [0.1, 0.15) is 35.2 Å². The zero-order valence-electron chi connectivity index (χ0n) is 11.1. The molecule has 0 aliphatic carbocycles. The fourth-order valence-corrected chi connectivity index (χ4v) is 2.99. The Bertz CT molecular complexity index is 561. The molecule has 5 nitrogen and oxygen atoms in total. The molecule has 20 heavy (non-hydrogen) atoms. The van der Waals surface area contributed by atoms with E-state index in [4.69, 9.17) is 9.84 Å². The average Bonchev–Trinajstić information content (AvgIpc) is 2.40. The fraction of sp³-hybridized carbons (Fsp3) is 0.467. The van der Waals surface area contributed by atoms with Crippen LogP contribution in [0.3, 0.4) is 0 Å². The summed E-state index contributed by atoms with van der Waals surface area (Å²) in [6.07, 6.45) is 1.97. The lowest BCUT2D eigenvalue weighted by molar-refractivity contribution is -0.136. The molecule has 2 heterocycles. The molecule has 1 aromatic carbocycles. The molecule has 5 heteroatoms. The first kappa shape index (κ1) is 13.1. The maximum atomic E-state index is 12.3. The first-order valence-electron chi connectivity index (χ1n) is 6.86. The van der Waals surface area contributed by atoms with E-state index in [-0.39, 0.29) is 17.8 Å². The molecule has 1 spiro atoms. The molecule has 2 N–H and O–H groups in total. The maximum absolute atomic E-state index is 12.3. The second-order valence-corrected chi connectivity index (χ2v) is 5.54. The predicted octanol–water partition coefficient (Wildman–Crippen LogP) is 1.40. The van der Waals surface area contributed by atoms with Gasteiger partial charge in [0.1, 0.15) is 11.4 Å². The molecule has 1 saturated heterocycles. The molecule has 0 aromatic heterocycles. The van der Waals surface area contributed by atoms with Crippen LogP contribution in [0.15, 0.2) is 18.2 Å². The van der Waals surface area contributed by atoms with E-state index in [0.29, 0.717) is 23.3 Å². The molecule has 2 aliphatic heterocycles. The Morgan fingerprint density at radius 1 is 1.35 bits per heavy atom. The lowest BCUT2D eigenvalue weighted by atomic mass is 9.82. The minimum atomic E-state index is -0.899. The number of aliphatic carboxylic acids is 1. The van der Waals surface area contributed by atoms with Crippen LogP contribution in [-0.2, 0) is 11.2 Å². The largest absolute Gasteiger partial charge is 0.486 e. The molecule has 1 fully saturated rings. The number of Topliss-reactive ketones (excluding diaryl/α,β-unsaturated/α-hetero) is 1. The number of nitrogens with one attached hydrogen (secondary N) is 1. The second-order valence-electron chi connectivity index (χ2n) is 5.54. The molecular weight excluding hydrogens is 258 g/mol. The van der Waals surface area contributed by atoms with Gasteiger partial charge in [0.25, 0.3) is 0 Å². The smallest absolute Gasteiger partial charge is 0.307 e. The SMILES string of the molecule is O=C(O)Cc1ccc2c(c1)C(=O)CC1(CCNCC1)O2. The van der Waals surface area contributed by atoms with Gasteiger partial charge in [-0.25, -0.2) is 0 Å². The summed E-state index contributed by atoms with van der Waals surface area (Å²) in [7, 11) is 0. The third-order valence-electron chi connectivity index (χ3n) is 4.02. The fourth-order valence-electron chi connectivity index (χ4n) is 2.99. The van der Waals surface area contributed by atoms with Gasteiger partial charge in [-0.1, -0.05) is 6.07 Å². The average molecular weight is 275 g/mol. The zero-order chi connectivity index (χ0) is 14.2. The van der Waals surface area contributed by atoms with Gasteiger partial charge in [-0.2, -0.15) is 0 Å². The number of ketones is 1. The molecule has 106 valence electrons. The van der Waals surface area contributed by atoms with Gasteiger partial charge in [0, 0.05) is 12.8 Å². The van der Waals surface area contributed by atoms with Crippen molar-refractivity contribution in [2.75, 3.05) is 13.1 Å². The van der Waals surface area contributed by atoms with Crippen LogP contribution in [0.2, 0.25) is 0 Å². The van der Waals surface area contributed by atoms with Crippen molar-refractivity contribution in [3.8, 4) is 5.75 Å². The molecule has 0 atom stereocenters. The summed E-state index contributed by atoms with van der Waals surface area (Å²) < 4.78 is 6.08. The maximum Gasteiger partial charge on any atom is 0.307 e. The highest BCUT2D eigenvalue weighted by molar-refractivity contribution is 6.00. The summed E-state index contributed by atoms with van der Waals surface area (Å²) in [6.45, 7) is 1.72. The van der Waals surface area contributed by atoms with E-state index in [2.05, 4.69) is 5.32 Å². The minimum Gasteiger partial charge on any atom is -0.486 e. The number of benzene rings is 1. The van der Waals surface area contributed by atoms with E-state index >= 15 is 0 Å². The van der Waals surface area contributed by atoms with E-state index in [1.165, 1.54) is 0 Å². The Morgan fingerprint density at radius 2 is 2.10 bits per heavy atom. The first-order valence-corrected chi connectivity index (χ1v) is 6.86. The Balaban J connectivity index is 1.89. The topological polar surface area (TPSA) is 75.6 Å². The number of hydrogen-bond acceptors (Lipinski definition) is 4. The highest BCUT2D eigenvalue weighted by atomic mass is 16.5. The van der Waals surface area contributed by atoms with E-state index in [1.54, 1.807) is 18.2 Å². The lowest BCUT2D eigenvalue weighted by Crippen LogP contribution is -2.49. The minimum absolute atomic E-state index is 0.0559. The summed E-state index contributed by atoms with van der Waals surface area (Å²) in [5.74, 6) is -0.248. The third-order valence-corrected chi connectivity index (χ3v) is 4.02. The number of carboxylic acid groups (broad SMARTS) is 1. The monoisotopic (exact) mass is 275 g/mol. The van der Waals surface area contributed by atoms with Gasteiger partial charge < -0.3 is 15.2 Å². The van der Waals surface area contributed by atoms with Crippen molar-refractivity contribution in [2.24, 2.45) is 0 Å². The Kier molecular flexibility index (Phi) is 3.22. The second kappa shape index (κ2) is 4.90. The number of carbonyl (C=O) groups excluding carboxylic acids is 1. The summed E-state index contributed by atoms with van der Waals surface area (Å²) >= 11 is 0. The van der Waals surface area contributed by atoms with Crippen LogP contribution in [0.5, 0.6) is 5.75 Å². The molecule has 0 bridgehead atoms. The molecular formula is C15H17NO4. The van der Waals surface area contributed by atoms with Gasteiger partial charge in [0.15, 0.2) is 5.78 Å². The van der Waals surface area contributed by atoms with Crippen molar-refractivity contribution in [3.05, 3.63) is 29.3 Å². The van der Waals surface area contributed by atoms with Gasteiger partial charge in [0.05, 0.1) is 18.4 Å². The number of ether oxygens (including phenoxy) is 1. The van der Waals surface area contributed by atoms with E-state index in [0.717, 1.165) is 25.9 Å². The highest BCUT2D eigenvalue weighted by Gasteiger charge is 2.41. The van der Waals surface area contributed by atoms with E-state index < -0.39 is 5.97 Å². The first-order chi connectivity index (χ1) is 9.58. The molecule has 0 unspecified atom stereocenters.